The van der Waals surface area contributed by atoms with E-state index < -0.39 is 0 Å². The first-order chi connectivity index (χ1) is 16.2. The predicted molar refractivity (Wildman–Crippen MR) is 131 cm³/mol. The second-order valence-corrected chi connectivity index (χ2v) is 9.98. The summed E-state index contributed by atoms with van der Waals surface area (Å²) < 4.78 is 6.95. The number of amides is 1. The Hall–Kier alpha value is -2.83. The molecule has 0 radical (unpaired) electrons. The number of carbonyl (C=O) groups is 1. The lowest BCUT2D eigenvalue weighted by Gasteiger charge is -2.38. The number of ether oxygens (including phenoxy) is 1. The molecule has 1 aliphatic carbocycles. The zero-order chi connectivity index (χ0) is 22.5. The van der Waals surface area contributed by atoms with Gasteiger partial charge in [-0.15, -0.1) is 0 Å². The fourth-order valence-corrected chi connectivity index (χ4v) is 6.29. The molecule has 33 heavy (non-hydrogen) atoms. The zero-order valence-corrected chi connectivity index (χ0v) is 19.7. The van der Waals surface area contributed by atoms with Crippen LogP contribution in [-0.4, -0.2) is 41.9 Å². The first kappa shape index (κ1) is 20.8. The third kappa shape index (κ3) is 3.35. The van der Waals surface area contributed by atoms with E-state index in [9.17, 15) is 9.90 Å². The minimum absolute atomic E-state index is 0.0369. The number of anilines is 1. The van der Waals surface area contributed by atoms with Crippen molar-refractivity contribution in [1.29, 1.82) is 0 Å². The number of likely N-dealkylation sites (tertiary alicyclic amines) is 1. The van der Waals surface area contributed by atoms with Crippen molar-refractivity contribution in [3.05, 3.63) is 87.9 Å². The molecular formula is C27H25BrN2O3. The van der Waals surface area contributed by atoms with E-state index in [1.807, 2.05) is 29.2 Å². The molecule has 6 heteroatoms. The van der Waals surface area contributed by atoms with E-state index in [1.165, 1.54) is 22.3 Å². The Morgan fingerprint density at radius 1 is 1.03 bits per heavy atom. The lowest BCUT2D eigenvalue weighted by molar-refractivity contribution is 0.0877. The first-order valence-electron chi connectivity index (χ1n) is 11.4. The number of nitrogens with zero attached hydrogens (tertiary/aromatic N) is 1. The molecule has 3 aliphatic rings. The summed E-state index contributed by atoms with van der Waals surface area (Å²) in [4.78, 5) is 15.2. The monoisotopic (exact) mass is 504 g/mol. The third-order valence-electron chi connectivity index (χ3n) is 7.40. The molecule has 0 aromatic heterocycles. The molecule has 2 aliphatic heterocycles. The van der Waals surface area contributed by atoms with E-state index in [0.717, 1.165) is 22.1 Å². The van der Waals surface area contributed by atoms with Crippen molar-refractivity contribution in [2.24, 2.45) is 5.92 Å². The average molecular weight is 505 g/mol. The predicted octanol–water partition coefficient (Wildman–Crippen LogP) is 5.55. The summed E-state index contributed by atoms with van der Waals surface area (Å²) in [6.07, 6.45) is 0.549. The van der Waals surface area contributed by atoms with Gasteiger partial charge in [0.05, 0.1) is 18.7 Å². The standard InChI is InChI=1S/C27H25BrN2O3/c28-16-9-10-24-22(13-16)26-21(25(14-31)29-24)11-12-30(26)27(32)33-15-23-19-7-3-1-5-17(19)18-6-2-4-8-20(18)23/h1-10,13,21,23,25-26,29,31H,11-12,14-15H2/t21-,25+,26-/m1/s1. The van der Waals surface area contributed by atoms with E-state index in [-0.39, 0.29) is 36.6 Å². The number of aliphatic hydroxyl groups excluding tert-OH is 1. The maximum atomic E-state index is 13.4. The molecule has 3 atom stereocenters. The van der Waals surface area contributed by atoms with Crippen LogP contribution in [0.4, 0.5) is 10.5 Å². The SMILES string of the molecule is O=C(OCC1c2ccccc2-c2ccccc21)N1CC[C@@H]2[C@H](CO)Nc3ccc(Br)cc3[C@@H]21. The van der Waals surface area contributed by atoms with Gasteiger partial charge in [0.2, 0.25) is 0 Å². The van der Waals surface area contributed by atoms with Crippen molar-refractivity contribution < 1.29 is 14.6 Å². The molecule has 0 saturated carbocycles. The molecule has 0 unspecified atom stereocenters. The molecular weight excluding hydrogens is 480 g/mol. The Morgan fingerprint density at radius 3 is 2.42 bits per heavy atom. The van der Waals surface area contributed by atoms with Crippen LogP contribution in [-0.2, 0) is 4.74 Å². The number of rotatable bonds is 3. The molecule has 1 fully saturated rings. The molecule has 3 aromatic carbocycles. The van der Waals surface area contributed by atoms with Crippen LogP contribution >= 0.6 is 15.9 Å². The number of hydrogen-bond acceptors (Lipinski definition) is 4. The van der Waals surface area contributed by atoms with E-state index in [4.69, 9.17) is 4.74 Å². The van der Waals surface area contributed by atoms with Gasteiger partial charge in [-0.05, 0) is 52.4 Å². The number of aliphatic hydroxyl groups is 1. The van der Waals surface area contributed by atoms with Crippen LogP contribution < -0.4 is 5.32 Å². The zero-order valence-electron chi connectivity index (χ0n) is 18.1. The fourth-order valence-electron chi connectivity index (χ4n) is 5.92. The molecule has 5 nitrogen and oxygen atoms in total. The quantitative estimate of drug-likeness (QED) is 0.490. The molecule has 2 heterocycles. The topological polar surface area (TPSA) is 61.8 Å². The van der Waals surface area contributed by atoms with Crippen LogP contribution in [0, 0.1) is 5.92 Å². The maximum Gasteiger partial charge on any atom is 0.410 e. The maximum absolute atomic E-state index is 13.4. The number of carbonyl (C=O) groups excluding carboxylic acids is 1. The number of hydrogen-bond donors (Lipinski definition) is 2. The largest absolute Gasteiger partial charge is 0.448 e. The smallest absolute Gasteiger partial charge is 0.410 e. The van der Waals surface area contributed by atoms with Gasteiger partial charge >= 0.3 is 6.09 Å². The molecule has 0 spiro atoms. The Labute approximate surface area is 201 Å². The summed E-state index contributed by atoms with van der Waals surface area (Å²) >= 11 is 3.57. The van der Waals surface area contributed by atoms with Crippen molar-refractivity contribution in [3.63, 3.8) is 0 Å². The second kappa shape index (κ2) is 8.19. The van der Waals surface area contributed by atoms with Gasteiger partial charge in [0, 0.05) is 28.5 Å². The number of nitrogens with one attached hydrogen (secondary N) is 1. The van der Waals surface area contributed by atoms with Crippen LogP contribution in [0.25, 0.3) is 11.1 Å². The summed E-state index contributed by atoms with van der Waals surface area (Å²) in [5.74, 6) is 0.191. The van der Waals surface area contributed by atoms with Gasteiger partial charge in [-0.25, -0.2) is 4.79 Å². The Balaban J connectivity index is 1.26. The summed E-state index contributed by atoms with van der Waals surface area (Å²) in [5.41, 5.74) is 6.91. The highest BCUT2D eigenvalue weighted by molar-refractivity contribution is 9.10. The molecule has 1 amide bonds. The van der Waals surface area contributed by atoms with E-state index >= 15 is 0 Å². The highest BCUT2D eigenvalue weighted by Crippen LogP contribution is 2.48. The van der Waals surface area contributed by atoms with E-state index in [1.54, 1.807) is 0 Å². The normalized spacial score (nSPS) is 22.7. The summed E-state index contributed by atoms with van der Waals surface area (Å²) in [7, 11) is 0. The summed E-state index contributed by atoms with van der Waals surface area (Å²) in [5, 5.41) is 13.4. The van der Waals surface area contributed by atoms with Gasteiger partial charge in [0.25, 0.3) is 0 Å². The van der Waals surface area contributed by atoms with E-state index in [0.29, 0.717) is 13.2 Å². The first-order valence-corrected chi connectivity index (χ1v) is 12.2. The average Bonchev–Trinajstić information content (AvgIpc) is 3.43. The third-order valence-corrected chi connectivity index (χ3v) is 7.90. The molecule has 0 bridgehead atoms. The minimum atomic E-state index is -0.283. The highest BCUT2D eigenvalue weighted by atomic mass is 79.9. The molecule has 1 saturated heterocycles. The van der Waals surface area contributed by atoms with Crippen LogP contribution in [0.15, 0.2) is 71.2 Å². The number of fused-ring (bicyclic) bond motifs is 6. The van der Waals surface area contributed by atoms with Gasteiger partial charge in [0.15, 0.2) is 0 Å². The van der Waals surface area contributed by atoms with Crippen LogP contribution in [0.5, 0.6) is 0 Å². The fraction of sp³-hybridized carbons (Fsp3) is 0.296. The highest BCUT2D eigenvalue weighted by Gasteiger charge is 2.46. The number of benzene rings is 3. The van der Waals surface area contributed by atoms with Crippen molar-refractivity contribution >= 4 is 27.7 Å². The molecule has 2 N–H and O–H groups in total. The van der Waals surface area contributed by atoms with Crippen molar-refractivity contribution in [2.75, 3.05) is 25.1 Å². The Morgan fingerprint density at radius 2 is 1.73 bits per heavy atom. The van der Waals surface area contributed by atoms with E-state index in [2.05, 4.69) is 63.7 Å². The van der Waals surface area contributed by atoms with Gasteiger partial charge in [-0.2, -0.15) is 0 Å². The van der Waals surface area contributed by atoms with Gasteiger partial charge in [-0.3, -0.25) is 0 Å². The van der Waals surface area contributed by atoms with Crippen molar-refractivity contribution in [1.82, 2.24) is 4.90 Å². The summed E-state index contributed by atoms with van der Waals surface area (Å²) in [6, 6.07) is 22.6. The van der Waals surface area contributed by atoms with Crippen molar-refractivity contribution in [3.8, 4) is 11.1 Å². The van der Waals surface area contributed by atoms with Crippen LogP contribution in [0.1, 0.15) is 35.1 Å². The lowest BCUT2D eigenvalue weighted by atomic mass is 9.83. The van der Waals surface area contributed by atoms with Crippen LogP contribution in [0.2, 0.25) is 0 Å². The summed E-state index contributed by atoms with van der Waals surface area (Å²) in [6.45, 7) is 0.971. The molecule has 3 aromatic rings. The Kier molecular flexibility index (Phi) is 5.15. The molecule has 6 rings (SSSR count). The van der Waals surface area contributed by atoms with Gasteiger partial charge < -0.3 is 20.1 Å². The lowest BCUT2D eigenvalue weighted by Crippen LogP contribution is -2.43. The molecule has 168 valence electrons. The number of halogens is 1. The van der Waals surface area contributed by atoms with Gasteiger partial charge in [0.1, 0.15) is 6.61 Å². The second-order valence-electron chi connectivity index (χ2n) is 9.06. The van der Waals surface area contributed by atoms with Crippen molar-refractivity contribution in [2.45, 2.75) is 24.4 Å². The Bertz CT molecular complexity index is 1180. The minimum Gasteiger partial charge on any atom is -0.448 e. The van der Waals surface area contributed by atoms with Gasteiger partial charge in [-0.1, -0.05) is 64.5 Å². The van der Waals surface area contributed by atoms with Crippen LogP contribution in [0.3, 0.4) is 0 Å².